The van der Waals surface area contributed by atoms with Crippen molar-refractivity contribution >= 4 is 21.8 Å². The lowest BCUT2D eigenvalue weighted by molar-refractivity contribution is 0.0690. The monoisotopic (exact) mass is 350 g/mol. The molecule has 0 bridgehead atoms. The molecule has 0 aliphatic carbocycles. The van der Waals surface area contributed by atoms with Crippen LogP contribution in [0.25, 0.3) is 0 Å². The quantitative estimate of drug-likeness (QED) is 0.925. The predicted molar refractivity (Wildman–Crippen MR) is 81.5 cm³/mol. The van der Waals surface area contributed by atoms with E-state index in [9.17, 15) is 9.90 Å². The summed E-state index contributed by atoms with van der Waals surface area (Å²) in [6, 6.07) is 6.78. The molecule has 1 aromatic carbocycles. The van der Waals surface area contributed by atoms with Gasteiger partial charge in [0, 0.05) is 41.9 Å². The SMILES string of the molecule is COc1cc(O)ccc1CN1CCn2cc(Br)cc2C1=O. The summed E-state index contributed by atoms with van der Waals surface area (Å²) in [4.78, 5) is 14.3. The van der Waals surface area contributed by atoms with E-state index in [1.54, 1.807) is 30.2 Å². The van der Waals surface area contributed by atoms with Crippen LogP contribution >= 0.6 is 15.9 Å². The van der Waals surface area contributed by atoms with Gasteiger partial charge in [-0.2, -0.15) is 0 Å². The summed E-state index contributed by atoms with van der Waals surface area (Å²) in [6.45, 7) is 1.88. The number of amides is 1. The minimum atomic E-state index is 0.00192. The molecule has 6 heteroatoms. The molecule has 0 saturated heterocycles. The van der Waals surface area contributed by atoms with Gasteiger partial charge in [-0.05, 0) is 34.1 Å². The molecule has 1 amide bonds. The molecule has 1 aliphatic rings. The third kappa shape index (κ3) is 2.63. The number of hydrogen-bond donors (Lipinski definition) is 1. The van der Waals surface area contributed by atoms with Crippen LogP contribution in [0.4, 0.5) is 0 Å². The van der Waals surface area contributed by atoms with E-state index in [2.05, 4.69) is 15.9 Å². The van der Waals surface area contributed by atoms with Gasteiger partial charge in [0.05, 0.1) is 7.11 Å². The highest BCUT2D eigenvalue weighted by Gasteiger charge is 2.25. The minimum absolute atomic E-state index is 0.00192. The highest BCUT2D eigenvalue weighted by molar-refractivity contribution is 9.10. The van der Waals surface area contributed by atoms with E-state index < -0.39 is 0 Å². The number of aromatic nitrogens is 1. The maximum absolute atomic E-state index is 12.5. The molecule has 1 aliphatic heterocycles. The maximum atomic E-state index is 12.5. The standard InChI is InChI=1S/C15H15BrN2O3/c1-21-14-7-12(19)3-2-10(14)8-18-5-4-17-9-11(16)6-13(17)15(18)20/h2-3,6-7,9,19H,4-5,8H2,1H3. The lowest BCUT2D eigenvalue weighted by Crippen LogP contribution is -2.39. The summed E-state index contributed by atoms with van der Waals surface area (Å²) in [5, 5.41) is 9.49. The highest BCUT2D eigenvalue weighted by Crippen LogP contribution is 2.27. The third-order valence-electron chi connectivity index (χ3n) is 3.61. The number of rotatable bonds is 3. The summed E-state index contributed by atoms with van der Waals surface area (Å²) in [5.41, 5.74) is 1.56. The average Bonchev–Trinajstić information content (AvgIpc) is 2.85. The van der Waals surface area contributed by atoms with E-state index in [0.717, 1.165) is 16.6 Å². The Hall–Kier alpha value is -1.95. The smallest absolute Gasteiger partial charge is 0.270 e. The molecule has 0 spiro atoms. The van der Waals surface area contributed by atoms with Crippen LogP contribution in [0, 0.1) is 0 Å². The Morgan fingerprint density at radius 2 is 2.14 bits per heavy atom. The van der Waals surface area contributed by atoms with Crippen molar-refractivity contribution in [2.75, 3.05) is 13.7 Å². The summed E-state index contributed by atoms with van der Waals surface area (Å²) in [5.74, 6) is 0.741. The van der Waals surface area contributed by atoms with Crippen LogP contribution < -0.4 is 4.74 Å². The van der Waals surface area contributed by atoms with Gasteiger partial charge in [0.2, 0.25) is 0 Å². The number of carbonyl (C=O) groups is 1. The topological polar surface area (TPSA) is 54.7 Å². The van der Waals surface area contributed by atoms with Gasteiger partial charge in [-0.1, -0.05) is 0 Å². The van der Waals surface area contributed by atoms with E-state index in [0.29, 0.717) is 24.5 Å². The number of benzene rings is 1. The third-order valence-corrected chi connectivity index (χ3v) is 4.05. The Balaban J connectivity index is 1.85. The highest BCUT2D eigenvalue weighted by atomic mass is 79.9. The molecule has 1 aromatic heterocycles. The van der Waals surface area contributed by atoms with E-state index in [1.807, 2.05) is 16.8 Å². The first-order chi connectivity index (χ1) is 10.1. The number of hydrogen-bond acceptors (Lipinski definition) is 3. The molecule has 2 aromatic rings. The van der Waals surface area contributed by atoms with Crippen LogP contribution in [-0.4, -0.2) is 34.1 Å². The van der Waals surface area contributed by atoms with Crippen molar-refractivity contribution in [3.8, 4) is 11.5 Å². The fourth-order valence-electron chi connectivity index (χ4n) is 2.55. The maximum Gasteiger partial charge on any atom is 0.270 e. The summed E-state index contributed by atoms with van der Waals surface area (Å²) in [6.07, 6.45) is 1.92. The van der Waals surface area contributed by atoms with Crippen molar-refractivity contribution in [3.05, 3.63) is 46.2 Å². The van der Waals surface area contributed by atoms with Crippen molar-refractivity contribution in [1.82, 2.24) is 9.47 Å². The van der Waals surface area contributed by atoms with Crippen molar-refractivity contribution in [1.29, 1.82) is 0 Å². The molecular weight excluding hydrogens is 336 g/mol. The van der Waals surface area contributed by atoms with E-state index in [4.69, 9.17) is 4.74 Å². The molecule has 0 atom stereocenters. The normalized spacial score (nSPS) is 14.2. The number of ether oxygens (including phenoxy) is 1. The fourth-order valence-corrected chi connectivity index (χ4v) is 3.02. The van der Waals surface area contributed by atoms with Crippen molar-refractivity contribution in [2.24, 2.45) is 0 Å². The minimum Gasteiger partial charge on any atom is -0.508 e. The van der Waals surface area contributed by atoms with E-state index in [1.165, 1.54) is 0 Å². The van der Waals surface area contributed by atoms with Crippen LogP contribution in [-0.2, 0) is 13.1 Å². The molecule has 1 N–H and O–H groups in total. The fraction of sp³-hybridized carbons (Fsp3) is 0.267. The first kappa shape index (κ1) is 14.0. The number of phenols is 1. The van der Waals surface area contributed by atoms with Crippen molar-refractivity contribution in [3.63, 3.8) is 0 Å². The predicted octanol–water partition coefficient (Wildman–Crippen LogP) is 2.62. The Bertz CT molecular complexity index is 696. The second-order valence-electron chi connectivity index (χ2n) is 4.96. The molecule has 3 rings (SSSR count). The Kier molecular flexibility index (Phi) is 3.63. The molecule has 0 unspecified atom stereocenters. The number of methoxy groups -OCH3 is 1. The zero-order chi connectivity index (χ0) is 15.0. The first-order valence-corrected chi connectivity index (χ1v) is 7.38. The molecule has 110 valence electrons. The average molecular weight is 351 g/mol. The van der Waals surface area contributed by atoms with Crippen molar-refractivity contribution in [2.45, 2.75) is 13.1 Å². The summed E-state index contributed by atoms with van der Waals surface area (Å²) in [7, 11) is 1.55. The van der Waals surface area contributed by atoms with Gasteiger partial charge in [-0.15, -0.1) is 0 Å². The van der Waals surface area contributed by atoms with Crippen LogP contribution in [0.2, 0.25) is 0 Å². The number of phenolic OH excluding ortho intramolecular Hbond substituents is 1. The summed E-state index contributed by atoms with van der Waals surface area (Å²) < 4.78 is 8.13. The van der Waals surface area contributed by atoms with Gasteiger partial charge in [0.1, 0.15) is 17.2 Å². The molecule has 0 saturated carbocycles. The van der Waals surface area contributed by atoms with Gasteiger partial charge in [0.25, 0.3) is 5.91 Å². The van der Waals surface area contributed by atoms with Crippen LogP contribution in [0.3, 0.4) is 0 Å². The molecule has 0 radical (unpaired) electrons. The Labute approximate surface area is 130 Å². The zero-order valence-corrected chi connectivity index (χ0v) is 13.1. The number of aromatic hydroxyl groups is 1. The summed E-state index contributed by atoms with van der Waals surface area (Å²) >= 11 is 3.40. The number of fused-ring (bicyclic) bond motifs is 1. The second kappa shape index (κ2) is 5.44. The molecule has 5 nitrogen and oxygen atoms in total. The molecular formula is C15H15BrN2O3. The molecule has 21 heavy (non-hydrogen) atoms. The largest absolute Gasteiger partial charge is 0.508 e. The Morgan fingerprint density at radius 1 is 1.33 bits per heavy atom. The van der Waals surface area contributed by atoms with Gasteiger partial charge in [0.15, 0.2) is 0 Å². The van der Waals surface area contributed by atoms with Crippen LogP contribution in [0.15, 0.2) is 34.9 Å². The Morgan fingerprint density at radius 3 is 2.90 bits per heavy atom. The lowest BCUT2D eigenvalue weighted by atomic mass is 10.1. The second-order valence-corrected chi connectivity index (χ2v) is 5.88. The lowest BCUT2D eigenvalue weighted by Gasteiger charge is -2.28. The first-order valence-electron chi connectivity index (χ1n) is 6.59. The van der Waals surface area contributed by atoms with Gasteiger partial charge >= 0.3 is 0 Å². The van der Waals surface area contributed by atoms with Crippen molar-refractivity contribution < 1.29 is 14.6 Å². The number of carbonyl (C=O) groups excluding carboxylic acids is 1. The molecule has 0 fully saturated rings. The molecule has 2 heterocycles. The van der Waals surface area contributed by atoms with Gasteiger partial charge in [-0.25, -0.2) is 0 Å². The number of nitrogens with zero attached hydrogens (tertiary/aromatic N) is 2. The van der Waals surface area contributed by atoms with Gasteiger partial charge < -0.3 is 19.3 Å². The van der Waals surface area contributed by atoms with E-state index >= 15 is 0 Å². The van der Waals surface area contributed by atoms with E-state index in [-0.39, 0.29) is 11.7 Å². The zero-order valence-electron chi connectivity index (χ0n) is 11.5. The van der Waals surface area contributed by atoms with Crippen LogP contribution in [0.1, 0.15) is 16.1 Å². The van der Waals surface area contributed by atoms with Gasteiger partial charge in [-0.3, -0.25) is 4.79 Å². The van der Waals surface area contributed by atoms with Crippen LogP contribution in [0.5, 0.6) is 11.5 Å². The number of halogens is 1.